The van der Waals surface area contributed by atoms with Gasteiger partial charge in [0.1, 0.15) is 0 Å². The normalized spacial score (nSPS) is 34.8. The van der Waals surface area contributed by atoms with Crippen LogP contribution in [0.1, 0.15) is 45.4 Å². The van der Waals surface area contributed by atoms with E-state index in [2.05, 4.69) is 17.1 Å². The van der Waals surface area contributed by atoms with Gasteiger partial charge < -0.3 is 10.2 Å². The first-order valence-electron chi connectivity index (χ1n) is 7.72. The fourth-order valence-electron chi connectivity index (χ4n) is 4.23. The van der Waals surface area contributed by atoms with Gasteiger partial charge >= 0.3 is 0 Å². The smallest absolute Gasteiger partial charge is 0.00406 e. The van der Waals surface area contributed by atoms with E-state index in [0.29, 0.717) is 0 Å². The number of rotatable bonds is 2. The summed E-state index contributed by atoms with van der Waals surface area (Å²) in [5.74, 6) is 1.96. The molecule has 2 saturated heterocycles. The summed E-state index contributed by atoms with van der Waals surface area (Å²) in [4.78, 5) is 2.80. The minimum Gasteiger partial charge on any atom is -0.317 e. The maximum Gasteiger partial charge on any atom is 0.00406 e. The molecule has 98 valence electrons. The second-order valence-corrected chi connectivity index (χ2v) is 6.83. The van der Waals surface area contributed by atoms with Crippen molar-refractivity contribution in [1.82, 2.24) is 10.2 Å². The highest BCUT2D eigenvalue weighted by Crippen LogP contribution is 2.50. The molecule has 0 aromatic carbocycles. The van der Waals surface area contributed by atoms with Crippen molar-refractivity contribution in [3.63, 3.8) is 0 Å². The van der Waals surface area contributed by atoms with Crippen molar-refractivity contribution in [2.24, 2.45) is 17.3 Å². The molecule has 3 fully saturated rings. The van der Waals surface area contributed by atoms with E-state index in [0.717, 1.165) is 17.3 Å². The molecule has 3 rings (SSSR count). The lowest BCUT2D eigenvalue weighted by atomic mass is 9.59. The van der Waals surface area contributed by atoms with Gasteiger partial charge in [0.05, 0.1) is 0 Å². The number of piperidine rings is 2. The Hall–Kier alpha value is -0.0800. The molecular formula is C15H28N2. The predicted octanol–water partition coefficient (Wildman–Crippen LogP) is 2.50. The van der Waals surface area contributed by atoms with Gasteiger partial charge in [-0.2, -0.15) is 0 Å². The maximum absolute atomic E-state index is 3.48. The number of nitrogens with one attached hydrogen (secondary N) is 1. The molecule has 0 bridgehead atoms. The quantitative estimate of drug-likeness (QED) is 0.792. The lowest BCUT2D eigenvalue weighted by Crippen LogP contribution is -2.52. The van der Waals surface area contributed by atoms with Crippen LogP contribution < -0.4 is 5.32 Å². The first kappa shape index (κ1) is 12.0. The van der Waals surface area contributed by atoms with Crippen LogP contribution in [0.2, 0.25) is 0 Å². The average Bonchev–Trinajstić information content (AvgIpc) is 2.31. The van der Waals surface area contributed by atoms with Crippen molar-refractivity contribution < 1.29 is 0 Å². The Balaban J connectivity index is 1.53. The van der Waals surface area contributed by atoms with Gasteiger partial charge in [-0.15, -0.1) is 0 Å². The van der Waals surface area contributed by atoms with Crippen LogP contribution in [-0.2, 0) is 0 Å². The fraction of sp³-hybridized carbons (Fsp3) is 1.00. The van der Waals surface area contributed by atoms with Crippen LogP contribution in [0.15, 0.2) is 0 Å². The second-order valence-electron chi connectivity index (χ2n) is 6.83. The van der Waals surface area contributed by atoms with Crippen LogP contribution in [0.4, 0.5) is 0 Å². The van der Waals surface area contributed by atoms with Crippen LogP contribution in [-0.4, -0.2) is 37.6 Å². The van der Waals surface area contributed by atoms with Crippen molar-refractivity contribution >= 4 is 0 Å². The van der Waals surface area contributed by atoms with E-state index in [1.165, 1.54) is 71.2 Å². The van der Waals surface area contributed by atoms with Crippen LogP contribution >= 0.6 is 0 Å². The van der Waals surface area contributed by atoms with E-state index in [1.54, 1.807) is 0 Å². The van der Waals surface area contributed by atoms with Gasteiger partial charge in [-0.25, -0.2) is 0 Å². The van der Waals surface area contributed by atoms with Crippen molar-refractivity contribution in [3.05, 3.63) is 0 Å². The molecule has 1 atom stereocenters. The molecule has 2 aliphatic heterocycles. The fourth-order valence-corrected chi connectivity index (χ4v) is 4.23. The van der Waals surface area contributed by atoms with Gasteiger partial charge in [0.2, 0.25) is 0 Å². The highest BCUT2D eigenvalue weighted by Gasteiger charge is 2.45. The molecule has 0 aromatic rings. The highest BCUT2D eigenvalue weighted by atomic mass is 15.1. The van der Waals surface area contributed by atoms with Gasteiger partial charge in [0.15, 0.2) is 0 Å². The molecule has 2 heterocycles. The van der Waals surface area contributed by atoms with E-state index in [-0.39, 0.29) is 0 Å². The Morgan fingerprint density at radius 1 is 1.18 bits per heavy atom. The van der Waals surface area contributed by atoms with Crippen molar-refractivity contribution in [2.45, 2.75) is 45.4 Å². The molecule has 0 aromatic heterocycles. The molecule has 0 radical (unpaired) electrons. The molecule has 17 heavy (non-hydrogen) atoms. The summed E-state index contributed by atoms with van der Waals surface area (Å²) in [5, 5.41) is 3.48. The Kier molecular flexibility index (Phi) is 3.45. The Labute approximate surface area is 106 Å². The molecule has 2 nitrogen and oxygen atoms in total. The standard InChI is InChI=1S/C15H28N2/c1-13-5-10-17(12-15(13)6-2-7-15)11-14-3-8-16-9-4-14/h13-14,16H,2-12H2,1H3. The Morgan fingerprint density at radius 2 is 1.94 bits per heavy atom. The summed E-state index contributed by atoms with van der Waals surface area (Å²) in [6.45, 7) is 9.17. The third-order valence-corrected chi connectivity index (χ3v) is 5.79. The zero-order valence-corrected chi connectivity index (χ0v) is 11.4. The molecule has 0 amide bonds. The van der Waals surface area contributed by atoms with E-state index < -0.39 is 0 Å². The summed E-state index contributed by atoms with van der Waals surface area (Å²) in [6, 6.07) is 0. The van der Waals surface area contributed by atoms with E-state index >= 15 is 0 Å². The zero-order valence-electron chi connectivity index (χ0n) is 11.4. The average molecular weight is 236 g/mol. The molecule has 1 unspecified atom stereocenters. The van der Waals surface area contributed by atoms with Gasteiger partial charge in [-0.05, 0) is 69.0 Å². The van der Waals surface area contributed by atoms with Crippen LogP contribution in [0.5, 0.6) is 0 Å². The van der Waals surface area contributed by atoms with Crippen LogP contribution in [0.3, 0.4) is 0 Å². The number of hydrogen-bond acceptors (Lipinski definition) is 2. The zero-order chi connectivity index (χ0) is 11.7. The molecule has 1 saturated carbocycles. The highest BCUT2D eigenvalue weighted by molar-refractivity contribution is 4.97. The predicted molar refractivity (Wildman–Crippen MR) is 72.1 cm³/mol. The van der Waals surface area contributed by atoms with E-state index in [1.807, 2.05) is 0 Å². The van der Waals surface area contributed by atoms with E-state index in [4.69, 9.17) is 0 Å². The number of nitrogens with zero attached hydrogens (tertiary/aromatic N) is 1. The third kappa shape index (κ3) is 2.39. The van der Waals surface area contributed by atoms with Crippen molar-refractivity contribution in [3.8, 4) is 0 Å². The lowest BCUT2D eigenvalue weighted by Gasteiger charge is -2.53. The monoisotopic (exact) mass is 236 g/mol. The van der Waals surface area contributed by atoms with Gasteiger partial charge in [0, 0.05) is 13.1 Å². The first-order chi connectivity index (χ1) is 8.28. The summed E-state index contributed by atoms with van der Waals surface area (Å²) in [5.41, 5.74) is 0.741. The Bertz CT molecular complexity index is 254. The largest absolute Gasteiger partial charge is 0.317 e. The van der Waals surface area contributed by atoms with Gasteiger partial charge in [0.25, 0.3) is 0 Å². The maximum atomic E-state index is 3.48. The summed E-state index contributed by atoms with van der Waals surface area (Å²) >= 11 is 0. The minimum atomic E-state index is 0.741. The number of likely N-dealkylation sites (tertiary alicyclic amines) is 1. The molecule has 1 N–H and O–H groups in total. The van der Waals surface area contributed by atoms with E-state index in [9.17, 15) is 0 Å². The molecule has 2 heteroatoms. The Morgan fingerprint density at radius 3 is 2.59 bits per heavy atom. The van der Waals surface area contributed by atoms with Gasteiger partial charge in [-0.3, -0.25) is 0 Å². The molecule has 1 spiro atoms. The molecular weight excluding hydrogens is 208 g/mol. The number of hydrogen-bond donors (Lipinski definition) is 1. The molecule has 1 aliphatic carbocycles. The lowest BCUT2D eigenvalue weighted by molar-refractivity contribution is -0.0341. The summed E-state index contributed by atoms with van der Waals surface area (Å²) in [7, 11) is 0. The third-order valence-electron chi connectivity index (χ3n) is 5.79. The summed E-state index contributed by atoms with van der Waals surface area (Å²) in [6.07, 6.45) is 8.77. The van der Waals surface area contributed by atoms with Crippen molar-refractivity contribution in [1.29, 1.82) is 0 Å². The SMILES string of the molecule is CC1CCN(CC2CCNCC2)CC12CCC2. The van der Waals surface area contributed by atoms with Gasteiger partial charge in [-0.1, -0.05) is 13.3 Å². The summed E-state index contributed by atoms with van der Waals surface area (Å²) < 4.78 is 0. The first-order valence-corrected chi connectivity index (χ1v) is 7.72. The second kappa shape index (κ2) is 4.89. The topological polar surface area (TPSA) is 15.3 Å². The molecule has 3 aliphatic rings. The van der Waals surface area contributed by atoms with Crippen molar-refractivity contribution in [2.75, 3.05) is 32.7 Å². The minimum absolute atomic E-state index is 0.741. The van der Waals surface area contributed by atoms with Crippen LogP contribution in [0, 0.1) is 17.3 Å². The van der Waals surface area contributed by atoms with Crippen LogP contribution in [0.25, 0.3) is 0 Å².